The maximum absolute atomic E-state index is 16.2. The van der Waals surface area contributed by atoms with E-state index in [4.69, 9.17) is 4.74 Å². The third-order valence-corrected chi connectivity index (χ3v) is 11.7. The highest BCUT2D eigenvalue weighted by Gasteiger charge is 2.66. The molecule has 226 valence electrons. The number of anilines is 3. The van der Waals surface area contributed by atoms with Crippen molar-refractivity contribution in [3.05, 3.63) is 78.1 Å². The van der Waals surface area contributed by atoms with Gasteiger partial charge in [0.05, 0.1) is 23.2 Å². The van der Waals surface area contributed by atoms with Crippen molar-refractivity contribution in [3.8, 4) is 0 Å². The van der Waals surface area contributed by atoms with Gasteiger partial charge in [-0.3, -0.25) is 19.2 Å². The Balaban J connectivity index is 1.42. The number of fused-ring (bicyclic) bond motifs is 3. The molecule has 2 aromatic carbocycles. The van der Waals surface area contributed by atoms with Crippen LogP contribution in [-0.4, -0.2) is 59.6 Å². The van der Waals surface area contributed by atoms with Gasteiger partial charge in [-0.2, -0.15) is 0 Å². The van der Waals surface area contributed by atoms with Crippen LogP contribution in [0.4, 0.5) is 21.2 Å². The molecule has 11 heteroatoms. The van der Waals surface area contributed by atoms with Gasteiger partial charge in [0.2, 0.25) is 14.3 Å². The Morgan fingerprint density at radius 3 is 2.72 bits per heavy atom. The number of aliphatic hydroxyl groups is 1. The summed E-state index contributed by atoms with van der Waals surface area (Å²) in [6.07, 6.45) is 4.84. The highest BCUT2D eigenvalue weighted by atomic mass is 28.4. The summed E-state index contributed by atoms with van der Waals surface area (Å²) in [6.45, 7) is 9.86. The van der Waals surface area contributed by atoms with Crippen molar-refractivity contribution >= 4 is 37.3 Å². The van der Waals surface area contributed by atoms with E-state index in [9.17, 15) is 14.7 Å². The van der Waals surface area contributed by atoms with E-state index in [2.05, 4.69) is 16.9 Å². The summed E-state index contributed by atoms with van der Waals surface area (Å²) >= 11 is 0. The molecule has 0 bridgehead atoms. The van der Waals surface area contributed by atoms with Crippen molar-refractivity contribution in [2.24, 2.45) is 5.92 Å². The second kappa shape index (κ2) is 11.1. The molecule has 1 spiro atoms. The van der Waals surface area contributed by atoms with Crippen LogP contribution in [0.2, 0.25) is 18.6 Å². The maximum Gasteiger partial charge on any atom is 0.264 e. The molecule has 4 atom stereocenters. The molecule has 3 aromatic rings. The van der Waals surface area contributed by atoms with E-state index in [0.29, 0.717) is 54.9 Å². The first-order valence-corrected chi connectivity index (χ1v) is 17.9. The van der Waals surface area contributed by atoms with Crippen LogP contribution in [0.1, 0.15) is 36.6 Å². The standard InChI is InChI=1S/C32H38FN5O4Si/c1-5-16-37-27-12-11-24(38-26-9-7-6-8-22(26)10-13-29(38)40)19-25(27)32(31(37)41)21(2)30(43(3,4)33)28(42-32)14-17-36-20-23(15-18-39)34-35-36/h5-9,11-12,19-21,28,30,39H,1,10,13-18H2,2-4H3/t21-,28+,30-,32+/m1/s1. The molecule has 4 heterocycles. The molecule has 9 nitrogen and oxygen atoms in total. The monoisotopic (exact) mass is 603 g/mol. The van der Waals surface area contributed by atoms with E-state index in [1.807, 2.05) is 49.4 Å². The van der Waals surface area contributed by atoms with Crippen molar-refractivity contribution in [1.82, 2.24) is 15.0 Å². The first-order valence-electron chi connectivity index (χ1n) is 14.9. The van der Waals surface area contributed by atoms with Gasteiger partial charge in [-0.05, 0) is 55.8 Å². The molecule has 3 aliphatic heterocycles. The number of hydrogen-bond donors (Lipinski definition) is 1. The number of halogens is 1. The van der Waals surface area contributed by atoms with E-state index in [1.165, 1.54) is 0 Å². The lowest BCUT2D eigenvalue weighted by atomic mass is 9.82. The van der Waals surface area contributed by atoms with Gasteiger partial charge in [-0.1, -0.05) is 36.4 Å². The molecule has 0 radical (unpaired) electrons. The van der Waals surface area contributed by atoms with Crippen molar-refractivity contribution in [2.75, 3.05) is 23.0 Å². The minimum absolute atomic E-state index is 0.0122. The van der Waals surface area contributed by atoms with Gasteiger partial charge in [0.1, 0.15) is 0 Å². The van der Waals surface area contributed by atoms with Gasteiger partial charge in [-0.15, -0.1) is 11.7 Å². The Labute approximate surface area is 252 Å². The van der Waals surface area contributed by atoms with Gasteiger partial charge < -0.3 is 18.9 Å². The Bertz CT molecular complexity index is 1570. The number of aliphatic hydroxyl groups excluding tert-OH is 1. The second-order valence-corrected chi connectivity index (χ2v) is 16.1. The molecule has 1 saturated heterocycles. The van der Waals surface area contributed by atoms with Crippen LogP contribution < -0.4 is 9.80 Å². The molecule has 1 N–H and O–H groups in total. The number of ether oxygens (including phenoxy) is 1. The summed E-state index contributed by atoms with van der Waals surface area (Å²) in [5.74, 6) is -0.693. The lowest BCUT2D eigenvalue weighted by molar-refractivity contribution is -0.145. The van der Waals surface area contributed by atoms with Crippen LogP contribution in [0.15, 0.2) is 61.3 Å². The zero-order chi connectivity index (χ0) is 30.5. The predicted molar refractivity (Wildman–Crippen MR) is 164 cm³/mol. The number of hydrogen-bond acceptors (Lipinski definition) is 6. The van der Waals surface area contributed by atoms with E-state index in [0.717, 1.165) is 11.3 Å². The molecule has 0 unspecified atom stereocenters. The first-order chi connectivity index (χ1) is 20.6. The molecular formula is C32H38FN5O4Si. The Hall–Kier alpha value is -3.67. The number of carbonyl (C=O) groups is 2. The molecule has 3 aliphatic rings. The third-order valence-electron chi connectivity index (χ3n) is 9.20. The van der Waals surface area contributed by atoms with Crippen LogP contribution >= 0.6 is 0 Å². The number of para-hydroxylation sites is 1. The van der Waals surface area contributed by atoms with E-state index in [1.54, 1.807) is 39.8 Å². The highest BCUT2D eigenvalue weighted by Crippen LogP contribution is 2.60. The summed E-state index contributed by atoms with van der Waals surface area (Å²) in [5, 5.41) is 17.5. The average molecular weight is 604 g/mol. The smallest absolute Gasteiger partial charge is 0.264 e. The van der Waals surface area contributed by atoms with E-state index >= 15 is 4.11 Å². The third kappa shape index (κ3) is 4.83. The summed E-state index contributed by atoms with van der Waals surface area (Å²) in [4.78, 5) is 31.1. The molecule has 2 amide bonds. The van der Waals surface area contributed by atoms with Crippen molar-refractivity contribution < 1.29 is 23.5 Å². The number of aryl methyl sites for hydroxylation is 2. The van der Waals surface area contributed by atoms with Crippen molar-refractivity contribution in [1.29, 1.82) is 0 Å². The largest absolute Gasteiger partial charge is 0.396 e. The number of amides is 2. The van der Waals surface area contributed by atoms with Crippen LogP contribution in [0.25, 0.3) is 0 Å². The molecule has 1 fully saturated rings. The number of benzene rings is 2. The van der Waals surface area contributed by atoms with Crippen molar-refractivity contribution in [2.45, 2.75) is 69.5 Å². The summed E-state index contributed by atoms with van der Waals surface area (Å²) in [6, 6.07) is 13.5. The number of nitrogens with zero attached hydrogens (tertiary/aromatic N) is 5. The van der Waals surface area contributed by atoms with Crippen LogP contribution in [0.5, 0.6) is 0 Å². The molecule has 6 rings (SSSR count). The Kier molecular flexibility index (Phi) is 7.60. The molecule has 43 heavy (non-hydrogen) atoms. The Morgan fingerprint density at radius 1 is 1.19 bits per heavy atom. The lowest BCUT2D eigenvalue weighted by Crippen LogP contribution is -2.45. The molecule has 0 saturated carbocycles. The van der Waals surface area contributed by atoms with Crippen LogP contribution in [-0.2, 0) is 39.3 Å². The van der Waals surface area contributed by atoms with Gasteiger partial charge in [0.25, 0.3) is 5.91 Å². The summed E-state index contributed by atoms with van der Waals surface area (Å²) in [5.41, 5.74) is 2.76. The fraction of sp³-hybridized carbons (Fsp3) is 0.438. The fourth-order valence-electron chi connectivity index (χ4n) is 7.40. The normalized spacial score (nSPS) is 25.0. The Morgan fingerprint density at radius 2 is 1.98 bits per heavy atom. The van der Waals surface area contributed by atoms with Gasteiger partial charge in [0.15, 0.2) is 5.60 Å². The van der Waals surface area contributed by atoms with Gasteiger partial charge in [0, 0.05) is 61.4 Å². The summed E-state index contributed by atoms with van der Waals surface area (Å²) in [7, 11) is -3.34. The number of aromatic nitrogens is 3. The van der Waals surface area contributed by atoms with E-state index < -0.39 is 31.6 Å². The van der Waals surface area contributed by atoms with Gasteiger partial charge in [-0.25, -0.2) is 0 Å². The second-order valence-electron chi connectivity index (χ2n) is 12.3. The average Bonchev–Trinajstić information content (AvgIpc) is 3.62. The zero-order valence-corrected chi connectivity index (χ0v) is 25.9. The number of carbonyl (C=O) groups excluding carboxylic acids is 2. The number of rotatable bonds is 9. The fourth-order valence-corrected chi connectivity index (χ4v) is 9.94. The van der Waals surface area contributed by atoms with Crippen LogP contribution in [0, 0.1) is 5.92 Å². The summed E-state index contributed by atoms with van der Waals surface area (Å²) < 4.78 is 24.7. The van der Waals surface area contributed by atoms with E-state index in [-0.39, 0.29) is 25.0 Å². The minimum atomic E-state index is -3.34. The quantitative estimate of drug-likeness (QED) is 0.214. The highest BCUT2D eigenvalue weighted by molar-refractivity contribution is 6.72. The molecular weight excluding hydrogens is 565 g/mol. The minimum Gasteiger partial charge on any atom is -0.396 e. The first kappa shape index (κ1) is 29.4. The predicted octanol–water partition coefficient (Wildman–Crippen LogP) is 4.82. The molecule has 1 aromatic heterocycles. The lowest BCUT2D eigenvalue weighted by Gasteiger charge is -2.32. The van der Waals surface area contributed by atoms with Crippen LogP contribution in [0.3, 0.4) is 0 Å². The zero-order valence-electron chi connectivity index (χ0n) is 24.9. The SMILES string of the molecule is C=CCN1C(=O)[C@@]2(O[C@@H](CCn3cc(CCO)nn3)[C@H]([Si](C)(C)F)[C@H]2C)c2cc(N3C(=O)CCc4ccccc43)ccc21. The van der Waals surface area contributed by atoms with Crippen molar-refractivity contribution in [3.63, 3.8) is 0 Å². The topological polar surface area (TPSA) is 101 Å². The maximum atomic E-state index is 16.2. The molecule has 0 aliphatic carbocycles. The van der Waals surface area contributed by atoms with Gasteiger partial charge >= 0.3 is 0 Å².